The highest BCUT2D eigenvalue weighted by atomic mass is 32.1. The van der Waals surface area contributed by atoms with E-state index in [2.05, 4.69) is 41.2 Å². The van der Waals surface area contributed by atoms with Crippen LogP contribution >= 0.6 is 11.3 Å². The van der Waals surface area contributed by atoms with Crippen molar-refractivity contribution in [1.82, 2.24) is 9.88 Å². The van der Waals surface area contributed by atoms with Crippen LogP contribution in [-0.2, 0) is 5.41 Å². The molecule has 3 aromatic rings. The van der Waals surface area contributed by atoms with Gasteiger partial charge in [-0.15, -0.1) is 11.3 Å². The number of nitrogens with two attached hydrogens (primary N) is 1. The summed E-state index contributed by atoms with van der Waals surface area (Å²) in [6.07, 6.45) is 0.953. The van der Waals surface area contributed by atoms with Gasteiger partial charge < -0.3 is 20.1 Å². The van der Waals surface area contributed by atoms with Crippen LogP contribution in [0.15, 0.2) is 53.9 Å². The van der Waals surface area contributed by atoms with Crippen molar-refractivity contribution >= 4 is 22.4 Å². The highest BCUT2D eigenvalue weighted by Crippen LogP contribution is 2.35. The molecule has 0 radical (unpaired) electrons. The van der Waals surface area contributed by atoms with Gasteiger partial charge in [0.1, 0.15) is 11.5 Å². The number of carbonyl (C=O) groups is 1. The zero-order valence-corrected chi connectivity index (χ0v) is 21.5. The van der Waals surface area contributed by atoms with Gasteiger partial charge in [0.25, 0.3) is 0 Å². The zero-order chi connectivity index (χ0) is 24.8. The number of rotatable bonds is 10. The molecule has 1 saturated heterocycles. The summed E-state index contributed by atoms with van der Waals surface area (Å²) in [7, 11) is 1.69. The number of thiazole rings is 1. The molecule has 0 aliphatic carbocycles. The number of carbonyl (C=O) groups excluding carboxylic acids is 1. The lowest BCUT2D eigenvalue weighted by Gasteiger charge is -2.34. The Hall–Kier alpha value is -3.10. The van der Waals surface area contributed by atoms with Gasteiger partial charge >= 0.3 is 0 Å². The summed E-state index contributed by atoms with van der Waals surface area (Å²) >= 11 is 1.73. The standard InChI is InChI=1S/C27H34N4O3S/c1-27(2,21-7-11-22(33-3)12-8-21)24-19-35-26(29-24)31-16-14-30(15-17-31)13-4-18-34-23-9-5-20(6-10-23)25(28)32/h5-12,19H,4,13-18H2,1-3H3,(H2,28,32). The Kier molecular flexibility index (Phi) is 7.93. The number of aromatic nitrogens is 1. The molecule has 1 amide bonds. The van der Waals surface area contributed by atoms with Gasteiger partial charge in [-0.2, -0.15) is 0 Å². The van der Waals surface area contributed by atoms with Gasteiger partial charge in [-0.1, -0.05) is 26.0 Å². The van der Waals surface area contributed by atoms with E-state index in [1.165, 1.54) is 5.56 Å². The Bertz CT molecular complexity index is 1100. The monoisotopic (exact) mass is 494 g/mol. The van der Waals surface area contributed by atoms with E-state index in [1.54, 1.807) is 42.7 Å². The van der Waals surface area contributed by atoms with Crippen LogP contribution < -0.4 is 20.1 Å². The van der Waals surface area contributed by atoms with Crippen molar-refractivity contribution in [3.63, 3.8) is 0 Å². The molecule has 186 valence electrons. The van der Waals surface area contributed by atoms with Gasteiger partial charge in [0, 0.05) is 49.1 Å². The lowest BCUT2D eigenvalue weighted by atomic mass is 9.82. The normalized spacial score (nSPS) is 14.7. The first-order chi connectivity index (χ1) is 16.9. The summed E-state index contributed by atoms with van der Waals surface area (Å²) in [5, 5.41) is 3.29. The van der Waals surface area contributed by atoms with Crippen molar-refractivity contribution in [3.05, 3.63) is 70.7 Å². The number of nitrogens with zero attached hydrogens (tertiary/aromatic N) is 3. The Morgan fingerprint density at radius 1 is 1.03 bits per heavy atom. The van der Waals surface area contributed by atoms with E-state index in [9.17, 15) is 4.79 Å². The van der Waals surface area contributed by atoms with Crippen LogP contribution in [0.2, 0.25) is 0 Å². The zero-order valence-electron chi connectivity index (χ0n) is 20.7. The maximum atomic E-state index is 11.2. The molecule has 2 heterocycles. The number of anilines is 1. The van der Waals surface area contributed by atoms with Gasteiger partial charge in [0.05, 0.1) is 19.4 Å². The third kappa shape index (κ3) is 6.13. The summed E-state index contributed by atoms with van der Waals surface area (Å²) in [6.45, 7) is 10.1. The smallest absolute Gasteiger partial charge is 0.248 e. The third-order valence-corrected chi connectivity index (χ3v) is 7.51. The fourth-order valence-corrected chi connectivity index (χ4v) is 5.26. The molecule has 0 saturated carbocycles. The molecule has 2 aromatic carbocycles. The van der Waals surface area contributed by atoms with Crippen molar-refractivity contribution in [1.29, 1.82) is 0 Å². The molecule has 0 unspecified atom stereocenters. The van der Waals surface area contributed by atoms with E-state index in [-0.39, 0.29) is 5.41 Å². The molecule has 1 aliphatic rings. The van der Waals surface area contributed by atoms with Gasteiger partial charge in [-0.3, -0.25) is 9.69 Å². The molecule has 8 heteroatoms. The Morgan fingerprint density at radius 2 is 1.69 bits per heavy atom. The van der Waals surface area contributed by atoms with Crippen molar-refractivity contribution in [2.75, 3.05) is 51.3 Å². The van der Waals surface area contributed by atoms with Crippen LogP contribution in [0.3, 0.4) is 0 Å². The van der Waals surface area contributed by atoms with Crippen LogP contribution in [0.4, 0.5) is 5.13 Å². The predicted octanol–water partition coefficient (Wildman–Crippen LogP) is 4.17. The van der Waals surface area contributed by atoms with Crippen molar-refractivity contribution in [2.45, 2.75) is 25.7 Å². The number of ether oxygens (including phenoxy) is 2. The van der Waals surface area contributed by atoms with Crippen molar-refractivity contribution in [2.24, 2.45) is 5.73 Å². The number of piperazine rings is 1. The largest absolute Gasteiger partial charge is 0.497 e. The average molecular weight is 495 g/mol. The first kappa shape index (κ1) is 25.0. The van der Waals surface area contributed by atoms with E-state index in [0.717, 1.165) is 61.5 Å². The molecule has 2 N–H and O–H groups in total. The SMILES string of the molecule is COc1ccc(C(C)(C)c2csc(N3CCN(CCCOc4ccc(C(N)=O)cc4)CC3)n2)cc1. The number of amides is 1. The minimum absolute atomic E-state index is 0.164. The summed E-state index contributed by atoms with van der Waals surface area (Å²) in [5.74, 6) is 1.20. The number of hydrogen-bond donors (Lipinski definition) is 1. The topological polar surface area (TPSA) is 80.9 Å². The van der Waals surface area contributed by atoms with E-state index in [0.29, 0.717) is 12.2 Å². The van der Waals surface area contributed by atoms with E-state index >= 15 is 0 Å². The summed E-state index contributed by atoms with van der Waals surface area (Å²) < 4.78 is 11.1. The maximum Gasteiger partial charge on any atom is 0.248 e. The predicted molar refractivity (Wildman–Crippen MR) is 141 cm³/mol. The molecular formula is C27H34N4O3S. The first-order valence-corrected chi connectivity index (χ1v) is 12.9. The van der Waals surface area contributed by atoms with Crippen LogP contribution in [0.25, 0.3) is 0 Å². The summed E-state index contributed by atoms with van der Waals surface area (Å²) in [6, 6.07) is 15.2. The molecule has 4 rings (SSSR count). The van der Waals surface area contributed by atoms with E-state index < -0.39 is 5.91 Å². The molecule has 0 bridgehead atoms. The van der Waals surface area contributed by atoms with Gasteiger partial charge in [0.2, 0.25) is 5.91 Å². The minimum Gasteiger partial charge on any atom is -0.497 e. The summed E-state index contributed by atoms with van der Waals surface area (Å²) in [4.78, 5) is 21.0. The summed E-state index contributed by atoms with van der Waals surface area (Å²) in [5.41, 5.74) is 7.93. The molecule has 1 fully saturated rings. The quantitative estimate of drug-likeness (QED) is 0.426. The number of benzene rings is 2. The van der Waals surface area contributed by atoms with E-state index in [1.807, 2.05) is 12.1 Å². The minimum atomic E-state index is -0.425. The molecule has 1 aliphatic heterocycles. The highest BCUT2D eigenvalue weighted by molar-refractivity contribution is 7.13. The van der Waals surface area contributed by atoms with Crippen LogP contribution in [0, 0.1) is 0 Å². The average Bonchev–Trinajstić information content (AvgIpc) is 3.39. The molecule has 7 nitrogen and oxygen atoms in total. The number of methoxy groups -OCH3 is 1. The molecule has 1 aromatic heterocycles. The van der Waals surface area contributed by atoms with Gasteiger partial charge in [0.15, 0.2) is 5.13 Å². The second-order valence-electron chi connectivity index (χ2n) is 9.29. The lowest BCUT2D eigenvalue weighted by molar-refractivity contribution is 0.1000. The molecule has 35 heavy (non-hydrogen) atoms. The highest BCUT2D eigenvalue weighted by Gasteiger charge is 2.28. The lowest BCUT2D eigenvalue weighted by Crippen LogP contribution is -2.46. The van der Waals surface area contributed by atoms with Crippen molar-refractivity contribution in [3.8, 4) is 11.5 Å². The fraction of sp³-hybridized carbons (Fsp3) is 0.407. The number of primary amides is 1. The molecule has 0 spiro atoms. The van der Waals surface area contributed by atoms with Crippen LogP contribution in [-0.4, -0.2) is 62.2 Å². The first-order valence-electron chi connectivity index (χ1n) is 12.0. The Morgan fingerprint density at radius 3 is 2.31 bits per heavy atom. The Labute approximate surface area is 211 Å². The van der Waals surface area contributed by atoms with Crippen molar-refractivity contribution < 1.29 is 14.3 Å². The maximum absolute atomic E-state index is 11.2. The molecule has 0 atom stereocenters. The van der Waals surface area contributed by atoms with Gasteiger partial charge in [-0.25, -0.2) is 4.98 Å². The second kappa shape index (κ2) is 11.1. The van der Waals surface area contributed by atoms with E-state index in [4.69, 9.17) is 20.2 Å². The Balaban J connectivity index is 1.22. The second-order valence-corrected chi connectivity index (χ2v) is 10.1. The number of hydrogen-bond acceptors (Lipinski definition) is 7. The third-order valence-electron chi connectivity index (χ3n) is 6.61. The van der Waals surface area contributed by atoms with Crippen LogP contribution in [0.1, 0.15) is 41.9 Å². The fourth-order valence-electron chi connectivity index (χ4n) is 4.21. The van der Waals surface area contributed by atoms with Crippen LogP contribution in [0.5, 0.6) is 11.5 Å². The molecular weight excluding hydrogens is 460 g/mol. The van der Waals surface area contributed by atoms with Gasteiger partial charge in [-0.05, 0) is 48.4 Å².